The Morgan fingerprint density at radius 1 is 1.24 bits per heavy atom. The van der Waals surface area contributed by atoms with Crippen LogP contribution in [0.5, 0.6) is 0 Å². The van der Waals surface area contributed by atoms with Crippen LogP contribution in [0.15, 0.2) is 0 Å². The molecule has 3 nitrogen and oxygen atoms in total. The molecular formula is C14H24N2O. The molecule has 1 aliphatic rings. The molecule has 0 amide bonds. The molecule has 0 spiro atoms. The van der Waals surface area contributed by atoms with Gasteiger partial charge in [-0.2, -0.15) is 0 Å². The van der Waals surface area contributed by atoms with E-state index in [0.29, 0.717) is 6.61 Å². The van der Waals surface area contributed by atoms with Crippen LogP contribution < -0.4 is 0 Å². The van der Waals surface area contributed by atoms with Crippen LogP contribution in [0.1, 0.15) is 20.3 Å². The zero-order valence-electron chi connectivity index (χ0n) is 11.3. The monoisotopic (exact) mass is 236 g/mol. The maximum Gasteiger partial charge on any atom is 0.106 e. The third kappa shape index (κ3) is 3.70. The molecule has 1 atom stereocenters. The van der Waals surface area contributed by atoms with Crippen molar-refractivity contribution in [2.45, 2.75) is 25.8 Å². The van der Waals surface area contributed by atoms with Gasteiger partial charge in [0, 0.05) is 32.8 Å². The molecule has 3 heteroatoms. The summed E-state index contributed by atoms with van der Waals surface area (Å²) in [5, 5.41) is 0. The van der Waals surface area contributed by atoms with Crippen LogP contribution in [0.3, 0.4) is 0 Å². The molecule has 0 aromatic heterocycles. The molecule has 0 aromatic rings. The van der Waals surface area contributed by atoms with Crippen LogP contribution >= 0.6 is 0 Å². The van der Waals surface area contributed by atoms with Crippen molar-refractivity contribution in [3.63, 3.8) is 0 Å². The van der Waals surface area contributed by atoms with Gasteiger partial charge in [-0.15, -0.1) is 0 Å². The molecule has 1 fully saturated rings. The van der Waals surface area contributed by atoms with Crippen LogP contribution in [-0.2, 0) is 4.74 Å². The lowest BCUT2D eigenvalue weighted by molar-refractivity contribution is 0.00389. The number of nitrogens with zero attached hydrogens (tertiary/aromatic N) is 2. The average Bonchev–Trinajstić information content (AvgIpc) is 2.36. The summed E-state index contributed by atoms with van der Waals surface area (Å²) < 4.78 is 5.61. The Bertz CT molecular complexity index is 274. The summed E-state index contributed by atoms with van der Waals surface area (Å²) in [4.78, 5) is 4.76. The first kappa shape index (κ1) is 14.5. The predicted octanol–water partition coefficient (Wildman–Crippen LogP) is 1.13. The Hall–Kier alpha value is -0.560. The minimum absolute atomic E-state index is 0.202. The lowest BCUT2D eigenvalue weighted by Gasteiger charge is -2.43. The zero-order valence-corrected chi connectivity index (χ0v) is 11.3. The summed E-state index contributed by atoms with van der Waals surface area (Å²) in [5.41, 5.74) is -0.202. The van der Waals surface area contributed by atoms with Gasteiger partial charge in [-0.3, -0.25) is 4.90 Å². The van der Waals surface area contributed by atoms with E-state index >= 15 is 0 Å². The van der Waals surface area contributed by atoms with Gasteiger partial charge < -0.3 is 9.64 Å². The van der Waals surface area contributed by atoms with E-state index in [2.05, 4.69) is 35.6 Å². The molecule has 1 heterocycles. The highest BCUT2D eigenvalue weighted by Crippen LogP contribution is 2.21. The van der Waals surface area contributed by atoms with Crippen molar-refractivity contribution in [3.8, 4) is 11.8 Å². The fourth-order valence-corrected chi connectivity index (χ4v) is 2.26. The first-order valence-electron chi connectivity index (χ1n) is 6.42. The summed E-state index contributed by atoms with van der Waals surface area (Å²) in [5.74, 6) is 5.77. The third-order valence-electron chi connectivity index (χ3n) is 3.54. The molecule has 2 radical (unpaired) electrons. The van der Waals surface area contributed by atoms with Crippen molar-refractivity contribution in [1.82, 2.24) is 9.80 Å². The van der Waals surface area contributed by atoms with Gasteiger partial charge in [0.15, 0.2) is 0 Å². The van der Waals surface area contributed by atoms with Gasteiger partial charge in [0.05, 0.1) is 13.5 Å². The van der Waals surface area contributed by atoms with Crippen molar-refractivity contribution in [2.24, 2.45) is 0 Å². The summed E-state index contributed by atoms with van der Waals surface area (Å²) in [7, 11) is 2.15. The molecular weight excluding hydrogens is 212 g/mol. The van der Waals surface area contributed by atoms with Crippen LogP contribution in [-0.4, -0.2) is 61.8 Å². The van der Waals surface area contributed by atoms with E-state index in [-0.39, 0.29) is 5.54 Å². The molecule has 17 heavy (non-hydrogen) atoms. The highest BCUT2D eigenvalue weighted by molar-refractivity contribution is 5.20. The van der Waals surface area contributed by atoms with Gasteiger partial charge in [-0.1, -0.05) is 18.8 Å². The normalized spacial score (nSPS) is 21.6. The van der Waals surface area contributed by atoms with E-state index in [9.17, 15) is 0 Å². The van der Waals surface area contributed by atoms with Gasteiger partial charge in [-0.05, 0) is 20.4 Å². The molecule has 0 N–H and O–H groups in total. The van der Waals surface area contributed by atoms with E-state index in [0.717, 1.165) is 39.2 Å². The first-order chi connectivity index (χ1) is 8.18. The van der Waals surface area contributed by atoms with E-state index in [1.54, 1.807) is 0 Å². The van der Waals surface area contributed by atoms with Gasteiger partial charge in [-0.25, -0.2) is 0 Å². The molecule has 0 aliphatic carbocycles. The maximum atomic E-state index is 5.61. The Balaban J connectivity index is 2.75. The summed E-state index contributed by atoms with van der Waals surface area (Å²) in [6, 6.07) is 0. The van der Waals surface area contributed by atoms with Crippen molar-refractivity contribution in [3.05, 3.63) is 6.92 Å². The number of hydrogen-bond acceptors (Lipinski definition) is 3. The van der Waals surface area contributed by atoms with Crippen LogP contribution in [0.4, 0.5) is 0 Å². The smallest absolute Gasteiger partial charge is 0.106 e. The van der Waals surface area contributed by atoms with Gasteiger partial charge in [0.1, 0.15) is 5.54 Å². The topological polar surface area (TPSA) is 15.7 Å². The summed E-state index contributed by atoms with van der Waals surface area (Å²) in [6.07, 6.45) is 0.945. The lowest BCUT2D eigenvalue weighted by Crippen LogP contribution is -2.57. The average molecular weight is 236 g/mol. The molecule has 0 saturated carbocycles. The van der Waals surface area contributed by atoms with Crippen LogP contribution in [0, 0.1) is 18.8 Å². The number of likely N-dealkylation sites (N-methyl/N-ethyl adjacent to an activating group) is 1. The molecule has 0 bridgehead atoms. The molecule has 1 aliphatic heterocycles. The molecule has 0 aromatic carbocycles. The molecule has 96 valence electrons. The highest BCUT2D eigenvalue weighted by atomic mass is 16.5. The standard InChI is InChI=1S/C14H24N2O/c1-5-8-14(6-2,13-17-7-3)16-11-9-15(4)10-12-16/h1H,6-7,9-13H2,2-4H3. The maximum absolute atomic E-state index is 5.61. The molecule has 1 saturated heterocycles. The van der Waals surface area contributed by atoms with Crippen molar-refractivity contribution < 1.29 is 4.74 Å². The second kappa shape index (κ2) is 7.00. The number of rotatable bonds is 5. The SMILES string of the molecule is [CH]C#CC(CC)(COCC)N1CCN(C)CC1. The molecule has 1 rings (SSSR count). The van der Waals surface area contributed by atoms with Gasteiger partial charge in [0.25, 0.3) is 0 Å². The van der Waals surface area contributed by atoms with Crippen molar-refractivity contribution >= 4 is 0 Å². The summed E-state index contributed by atoms with van der Waals surface area (Å²) in [6.45, 7) is 15.2. The van der Waals surface area contributed by atoms with E-state index < -0.39 is 0 Å². The Morgan fingerprint density at radius 3 is 2.35 bits per heavy atom. The number of hydrogen-bond donors (Lipinski definition) is 0. The fourth-order valence-electron chi connectivity index (χ4n) is 2.26. The minimum atomic E-state index is -0.202. The number of ether oxygens (including phenoxy) is 1. The molecule has 1 unspecified atom stereocenters. The van der Waals surface area contributed by atoms with E-state index in [1.807, 2.05) is 6.92 Å². The van der Waals surface area contributed by atoms with Crippen molar-refractivity contribution in [1.29, 1.82) is 0 Å². The van der Waals surface area contributed by atoms with Gasteiger partial charge in [0.2, 0.25) is 0 Å². The Morgan fingerprint density at radius 2 is 1.88 bits per heavy atom. The second-order valence-corrected chi connectivity index (χ2v) is 4.58. The fraction of sp³-hybridized carbons (Fsp3) is 0.786. The Labute approximate surface area is 106 Å². The van der Waals surface area contributed by atoms with Crippen LogP contribution in [0.25, 0.3) is 0 Å². The first-order valence-corrected chi connectivity index (χ1v) is 6.42. The second-order valence-electron chi connectivity index (χ2n) is 4.58. The Kier molecular flexibility index (Phi) is 5.97. The van der Waals surface area contributed by atoms with Crippen molar-refractivity contribution in [2.75, 3.05) is 46.4 Å². The van der Waals surface area contributed by atoms with E-state index in [1.165, 1.54) is 0 Å². The van der Waals surface area contributed by atoms with Crippen LogP contribution in [0.2, 0.25) is 0 Å². The highest BCUT2D eigenvalue weighted by Gasteiger charge is 2.35. The zero-order chi connectivity index (χ0) is 12.7. The summed E-state index contributed by atoms with van der Waals surface area (Å²) >= 11 is 0. The number of piperazine rings is 1. The predicted molar refractivity (Wildman–Crippen MR) is 70.7 cm³/mol. The minimum Gasteiger partial charge on any atom is -0.379 e. The van der Waals surface area contributed by atoms with Gasteiger partial charge >= 0.3 is 0 Å². The quantitative estimate of drug-likeness (QED) is 0.666. The van der Waals surface area contributed by atoms with E-state index in [4.69, 9.17) is 11.7 Å². The largest absolute Gasteiger partial charge is 0.379 e. The lowest BCUT2D eigenvalue weighted by atomic mass is 9.94. The third-order valence-corrected chi connectivity index (χ3v) is 3.54.